The topological polar surface area (TPSA) is 95.0 Å². The first-order valence-corrected chi connectivity index (χ1v) is 15.2. The predicted octanol–water partition coefficient (Wildman–Crippen LogP) is 6.91. The van der Waals surface area contributed by atoms with Gasteiger partial charge in [-0.3, -0.25) is 19.2 Å². The number of hydrogen-bond acceptors (Lipinski definition) is 5. The van der Waals surface area contributed by atoms with Crippen LogP contribution in [0.3, 0.4) is 0 Å². The second-order valence-corrected chi connectivity index (χ2v) is 11.7. The Hall–Kier alpha value is -5.04. The minimum Gasteiger partial charge on any atom is -0.396 e. The number of amides is 4. The number of anilines is 1. The number of rotatable bonds is 9. The lowest BCUT2D eigenvalue weighted by molar-refractivity contribution is -0.289. The molecule has 5 rings (SSSR count). The number of aliphatic hydroxyl groups is 1. The lowest BCUT2D eigenvalue weighted by Gasteiger charge is -2.40. The van der Waals surface area contributed by atoms with Crippen molar-refractivity contribution in [2.75, 3.05) is 11.5 Å². The van der Waals surface area contributed by atoms with Crippen LogP contribution in [-0.4, -0.2) is 52.6 Å². The van der Waals surface area contributed by atoms with Gasteiger partial charge in [0.1, 0.15) is 0 Å². The molecule has 2 unspecified atom stereocenters. The van der Waals surface area contributed by atoms with Gasteiger partial charge in [-0.15, -0.1) is 0 Å². The highest BCUT2D eigenvalue weighted by molar-refractivity contribution is 6.24. The molecule has 13 heteroatoms. The van der Waals surface area contributed by atoms with Gasteiger partial charge in [0.05, 0.1) is 28.7 Å². The third-order valence-electron chi connectivity index (χ3n) is 8.99. The van der Waals surface area contributed by atoms with Crippen molar-refractivity contribution < 1.29 is 50.6 Å². The van der Waals surface area contributed by atoms with Crippen molar-refractivity contribution in [2.45, 2.75) is 44.5 Å². The molecule has 49 heavy (non-hydrogen) atoms. The Morgan fingerprint density at radius 3 is 2.06 bits per heavy atom. The lowest BCUT2D eigenvalue weighted by atomic mass is 9.68. The zero-order valence-corrected chi connectivity index (χ0v) is 26.2. The summed E-state index contributed by atoms with van der Waals surface area (Å²) in [4.78, 5) is 54.4. The van der Waals surface area contributed by atoms with Gasteiger partial charge in [-0.25, -0.2) is 9.80 Å². The van der Waals surface area contributed by atoms with Crippen LogP contribution in [0.4, 0.5) is 32.0 Å². The number of fused-ring (bicyclic) bond motifs is 2. The van der Waals surface area contributed by atoms with E-state index in [-0.39, 0.29) is 24.4 Å². The predicted molar refractivity (Wildman–Crippen MR) is 167 cm³/mol. The van der Waals surface area contributed by atoms with Crippen molar-refractivity contribution in [2.24, 2.45) is 11.8 Å². The monoisotopic (exact) mass is 684 g/mol. The number of nitrogens with zero attached hydrogens (tertiary/aromatic N) is 2. The van der Waals surface area contributed by atoms with Gasteiger partial charge >= 0.3 is 12.4 Å². The molecule has 0 bridgehead atoms. The number of aryl methyl sites for hydroxylation is 1. The Labute approximate surface area is 277 Å². The molecule has 1 N–H and O–H groups in total. The highest BCUT2D eigenvalue weighted by Gasteiger charge is 2.73. The van der Waals surface area contributed by atoms with Crippen LogP contribution in [0.2, 0.25) is 0 Å². The second kappa shape index (κ2) is 12.8. The summed E-state index contributed by atoms with van der Waals surface area (Å²) in [6, 6.07) is 7.84. The number of benzene rings is 2. The third-order valence-corrected chi connectivity index (χ3v) is 8.99. The average Bonchev–Trinajstić information content (AvgIpc) is 3.45. The summed E-state index contributed by atoms with van der Waals surface area (Å²) in [7, 11) is 0. The van der Waals surface area contributed by atoms with Crippen molar-refractivity contribution in [1.29, 1.82) is 0 Å². The molecule has 2 aliphatic heterocycles. The Morgan fingerprint density at radius 2 is 1.49 bits per heavy atom. The fraction of sp³-hybridized carbons (Fsp3) is 0.278. The van der Waals surface area contributed by atoms with E-state index in [1.807, 2.05) is 6.92 Å². The number of halogens is 6. The molecule has 2 aromatic carbocycles. The fourth-order valence-electron chi connectivity index (χ4n) is 6.38. The van der Waals surface area contributed by atoms with Crippen LogP contribution in [-0.2, 0) is 21.4 Å². The van der Waals surface area contributed by atoms with E-state index in [0.29, 0.717) is 41.2 Å². The molecule has 1 fully saturated rings. The molecule has 0 saturated carbocycles. The molecule has 3 aliphatic rings. The SMILES string of the molecule is C=C(/C=C\C(=C/C)CCO)N1C(=O)c2ccc(C(C3=CC4C(=O)N(c5ccc(CC)cc5)C(=O)C4C=C3)(C(F)(F)F)C(F)(F)F)cc2C1=O. The molecule has 2 atom stereocenters. The zero-order valence-electron chi connectivity index (χ0n) is 26.2. The van der Waals surface area contributed by atoms with Gasteiger partial charge in [0.2, 0.25) is 17.2 Å². The average molecular weight is 685 g/mol. The summed E-state index contributed by atoms with van der Waals surface area (Å²) in [6.45, 7) is 7.01. The zero-order chi connectivity index (χ0) is 36.1. The van der Waals surface area contributed by atoms with Crippen molar-refractivity contribution in [3.63, 3.8) is 0 Å². The molecule has 7 nitrogen and oxygen atoms in total. The molecule has 4 amide bonds. The molecule has 0 radical (unpaired) electrons. The van der Waals surface area contributed by atoms with E-state index < -0.39 is 75.5 Å². The molecular weight excluding hydrogens is 654 g/mol. The Balaban J connectivity index is 1.58. The van der Waals surface area contributed by atoms with E-state index in [2.05, 4.69) is 6.58 Å². The highest BCUT2D eigenvalue weighted by Crippen LogP contribution is 2.58. The molecule has 2 aromatic rings. The van der Waals surface area contributed by atoms with Gasteiger partial charge in [0, 0.05) is 12.3 Å². The van der Waals surface area contributed by atoms with Gasteiger partial charge in [0.15, 0.2) is 0 Å². The quantitative estimate of drug-likeness (QED) is 0.176. The van der Waals surface area contributed by atoms with Crippen molar-refractivity contribution >= 4 is 29.3 Å². The molecule has 0 spiro atoms. The minimum absolute atomic E-state index is 0.126. The maximum atomic E-state index is 15.1. The molecule has 1 saturated heterocycles. The summed E-state index contributed by atoms with van der Waals surface area (Å²) in [5, 5.41) is 9.17. The van der Waals surface area contributed by atoms with Crippen molar-refractivity contribution in [3.8, 4) is 0 Å². The van der Waals surface area contributed by atoms with Gasteiger partial charge in [-0.2, -0.15) is 26.3 Å². The number of carbonyl (C=O) groups is 4. The van der Waals surface area contributed by atoms with Crippen LogP contribution in [0.25, 0.3) is 0 Å². The maximum Gasteiger partial charge on any atom is 0.411 e. The normalized spacial score (nSPS) is 20.0. The molecule has 1 aliphatic carbocycles. The number of allylic oxidation sites excluding steroid dienone is 5. The Bertz CT molecular complexity index is 1850. The van der Waals surface area contributed by atoms with Crippen molar-refractivity contribution in [3.05, 3.63) is 125 Å². The number of hydrogen-bond donors (Lipinski definition) is 1. The van der Waals surface area contributed by atoms with E-state index >= 15 is 26.3 Å². The Kier molecular flexibility index (Phi) is 9.19. The second-order valence-electron chi connectivity index (χ2n) is 11.7. The smallest absolute Gasteiger partial charge is 0.396 e. The van der Waals surface area contributed by atoms with Crippen molar-refractivity contribution in [1.82, 2.24) is 4.90 Å². The first-order chi connectivity index (χ1) is 23.0. The largest absolute Gasteiger partial charge is 0.411 e. The van der Waals surface area contributed by atoms with Crippen LogP contribution in [0.15, 0.2) is 102 Å². The van der Waals surface area contributed by atoms with E-state index in [4.69, 9.17) is 0 Å². The standard InChI is InChI=1S/C36H30F6N2O5/c1-4-21-8-12-25(13-9-21)44-31(47)27-15-11-24(19-29(27)33(44)49)34(35(37,38)39,36(40,41)42)23-10-14-26-28(18-23)32(48)43(30(26)46)20(3)6-7-22(5-2)16-17-45/h5-15,18-19,27,29,45H,3-4,16-17H2,1-2H3/b7-6-,22-5+. The molecule has 0 aromatic heterocycles. The molecule has 256 valence electrons. The summed E-state index contributed by atoms with van der Waals surface area (Å²) in [5.74, 6) is -6.99. The first-order valence-electron chi connectivity index (χ1n) is 15.2. The van der Waals surface area contributed by atoms with E-state index in [0.717, 1.165) is 22.6 Å². The molecular formula is C36H30F6N2O5. The first kappa shape index (κ1) is 35.3. The van der Waals surface area contributed by atoms with E-state index in [9.17, 15) is 24.3 Å². The van der Waals surface area contributed by atoms with Gasteiger partial charge in [-0.1, -0.05) is 62.1 Å². The number of carbonyl (C=O) groups excluding carboxylic acids is 4. The van der Waals surface area contributed by atoms with Crippen LogP contribution >= 0.6 is 0 Å². The van der Waals surface area contributed by atoms with Crippen LogP contribution in [0.5, 0.6) is 0 Å². The van der Waals surface area contributed by atoms with E-state index in [1.165, 1.54) is 24.3 Å². The molecule has 2 heterocycles. The maximum absolute atomic E-state index is 15.1. The van der Waals surface area contributed by atoms with Gasteiger partial charge in [0.25, 0.3) is 11.8 Å². The number of alkyl halides is 6. The van der Waals surface area contributed by atoms with Crippen LogP contribution < -0.4 is 4.90 Å². The lowest BCUT2D eigenvalue weighted by Crippen LogP contribution is -2.55. The third kappa shape index (κ3) is 5.65. The summed E-state index contributed by atoms with van der Waals surface area (Å²) < 4.78 is 90.7. The summed E-state index contributed by atoms with van der Waals surface area (Å²) >= 11 is 0. The summed E-state index contributed by atoms with van der Waals surface area (Å²) in [5.41, 5.74) is -7.25. The van der Waals surface area contributed by atoms with Gasteiger partial charge in [-0.05, 0) is 72.4 Å². The van der Waals surface area contributed by atoms with E-state index in [1.54, 1.807) is 25.1 Å². The summed E-state index contributed by atoms with van der Waals surface area (Å²) in [6.07, 6.45) is -4.97. The minimum atomic E-state index is -6.07. The Morgan fingerprint density at radius 1 is 0.878 bits per heavy atom. The van der Waals surface area contributed by atoms with Crippen LogP contribution in [0.1, 0.15) is 52.1 Å². The number of aliphatic hydroxyl groups excluding tert-OH is 1. The fourth-order valence-corrected chi connectivity index (χ4v) is 6.38. The number of imide groups is 2. The highest BCUT2D eigenvalue weighted by atomic mass is 19.4. The van der Waals surface area contributed by atoms with Crippen LogP contribution in [0, 0.1) is 11.8 Å². The van der Waals surface area contributed by atoms with Gasteiger partial charge < -0.3 is 5.11 Å².